The molecular formula is C36H48N2. The van der Waals surface area contributed by atoms with Crippen LogP contribution >= 0.6 is 0 Å². The van der Waals surface area contributed by atoms with Crippen LogP contribution in [-0.4, -0.2) is 9.55 Å². The van der Waals surface area contributed by atoms with Gasteiger partial charge < -0.3 is 4.57 Å². The molecule has 0 spiro atoms. The molecule has 0 bridgehead atoms. The highest BCUT2D eigenvalue weighted by Gasteiger charge is 2.11. The molecule has 0 amide bonds. The number of para-hydroxylation sites is 2. The Labute approximate surface area is 231 Å². The Balaban J connectivity index is 1.20. The quantitative estimate of drug-likeness (QED) is 0.122. The van der Waals surface area contributed by atoms with Gasteiger partial charge in [0, 0.05) is 13.0 Å². The summed E-state index contributed by atoms with van der Waals surface area (Å²) in [4.78, 5) is 5.04. The van der Waals surface area contributed by atoms with E-state index in [-0.39, 0.29) is 0 Å². The van der Waals surface area contributed by atoms with Gasteiger partial charge in [0.2, 0.25) is 0 Å². The van der Waals surface area contributed by atoms with Crippen LogP contribution < -0.4 is 0 Å². The van der Waals surface area contributed by atoms with Crippen LogP contribution in [0.25, 0.3) is 22.2 Å². The second-order valence-electron chi connectivity index (χ2n) is 11.0. The fraction of sp³-hybridized carbons (Fsp3) is 0.472. The standard InChI is InChI=1S/C36H48N2/c1-2-3-4-5-6-7-8-9-10-11-12-13-14-20-29-38-35-24-19-18-23-34(35)37-36(38)30-31-25-27-33(28-26-31)32-21-16-15-17-22-32/h15-19,21-28H,2-14,20,29-30H2,1H3. The average molecular weight is 509 g/mol. The third-order valence-electron chi connectivity index (χ3n) is 7.89. The summed E-state index contributed by atoms with van der Waals surface area (Å²) in [5.41, 5.74) is 6.25. The lowest BCUT2D eigenvalue weighted by molar-refractivity contribution is 0.523. The molecule has 0 aliphatic heterocycles. The molecule has 202 valence electrons. The number of imidazole rings is 1. The number of fused-ring (bicyclic) bond motifs is 1. The molecule has 0 unspecified atom stereocenters. The van der Waals surface area contributed by atoms with Crippen LogP contribution in [0.15, 0.2) is 78.9 Å². The number of rotatable bonds is 18. The van der Waals surface area contributed by atoms with E-state index < -0.39 is 0 Å². The first-order valence-electron chi connectivity index (χ1n) is 15.4. The average Bonchev–Trinajstić information content (AvgIpc) is 3.31. The van der Waals surface area contributed by atoms with Gasteiger partial charge in [-0.25, -0.2) is 4.98 Å². The summed E-state index contributed by atoms with van der Waals surface area (Å²) in [5, 5.41) is 0. The van der Waals surface area contributed by atoms with E-state index in [4.69, 9.17) is 4.98 Å². The van der Waals surface area contributed by atoms with Crippen LogP contribution in [0.4, 0.5) is 0 Å². The summed E-state index contributed by atoms with van der Waals surface area (Å²) < 4.78 is 2.47. The molecule has 2 heteroatoms. The zero-order valence-corrected chi connectivity index (χ0v) is 23.7. The van der Waals surface area contributed by atoms with Gasteiger partial charge in [-0.3, -0.25) is 0 Å². The minimum Gasteiger partial charge on any atom is -0.328 e. The third kappa shape index (κ3) is 8.86. The third-order valence-corrected chi connectivity index (χ3v) is 7.89. The Bertz CT molecular complexity index is 1170. The predicted octanol–water partition coefficient (Wildman–Crippen LogP) is 10.8. The molecule has 0 atom stereocenters. The van der Waals surface area contributed by atoms with Crippen LogP contribution in [0.2, 0.25) is 0 Å². The fourth-order valence-electron chi connectivity index (χ4n) is 5.60. The first kappa shape index (κ1) is 28.1. The lowest BCUT2D eigenvalue weighted by Gasteiger charge is -2.10. The van der Waals surface area contributed by atoms with E-state index in [1.807, 2.05) is 0 Å². The van der Waals surface area contributed by atoms with Gasteiger partial charge in [-0.15, -0.1) is 0 Å². The van der Waals surface area contributed by atoms with E-state index in [2.05, 4.69) is 90.4 Å². The van der Waals surface area contributed by atoms with Gasteiger partial charge in [-0.05, 0) is 35.2 Å². The van der Waals surface area contributed by atoms with Crippen LogP contribution in [0.5, 0.6) is 0 Å². The van der Waals surface area contributed by atoms with Crippen molar-refractivity contribution in [2.24, 2.45) is 0 Å². The highest BCUT2D eigenvalue weighted by Crippen LogP contribution is 2.23. The maximum Gasteiger partial charge on any atom is 0.114 e. The highest BCUT2D eigenvalue weighted by molar-refractivity contribution is 5.76. The SMILES string of the molecule is CCCCCCCCCCCCCCCCn1c(Cc2ccc(-c3ccccc3)cc2)nc2ccccc21. The summed E-state index contributed by atoms with van der Waals surface area (Å²) in [5.74, 6) is 1.19. The zero-order valence-electron chi connectivity index (χ0n) is 23.7. The number of hydrogen-bond acceptors (Lipinski definition) is 1. The number of aromatic nitrogens is 2. The van der Waals surface area contributed by atoms with Gasteiger partial charge >= 0.3 is 0 Å². The van der Waals surface area contributed by atoms with E-state index >= 15 is 0 Å². The van der Waals surface area contributed by atoms with Crippen LogP contribution in [0, 0.1) is 0 Å². The minimum atomic E-state index is 0.877. The summed E-state index contributed by atoms with van der Waals surface area (Å²) in [6, 6.07) is 28.2. The van der Waals surface area contributed by atoms with Crippen molar-refractivity contribution in [3.05, 3.63) is 90.3 Å². The second-order valence-corrected chi connectivity index (χ2v) is 11.0. The molecule has 4 rings (SSSR count). The lowest BCUT2D eigenvalue weighted by atomic mass is 10.0. The number of hydrogen-bond donors (Lipinski definition) is 0. The molecule has 1 aromatic heterocycles. The molecule has 4 aromatic rings. The molecule has 2 nitrogen and oxygen atoms in total. The lowest BCUT2D eigenvalue weighted by Crippen LogP contribution is -2.05. The van der Waals surface area contributed by atoms with E-state index in [1.54, 1.807) is 0 Å². The van der Waals surface area contributed by atoms with Gasteiger partial charge in [0.25, 0.3) is 0 Å². The second kappa shape index (κ2) is 16.2. The van der Waals surface area contributed by atoms with Crippen molar-refractivity contribution < 1.29 is 0 Å². The molecule has 0 fully saturated rings. The summed E-state index contributed by atoms with van der Waals surface area (Å²) in [7, 11) is 0. The van der Waals surface area contributed by atoms with Crippen LogP contribution in [-0.2, 0) is 13.0 Å². The predicted molar refractivity (Wildman–Crippen MR) is 165 cm³/mol. The Kier molecular flexibility index (Phi) is 12.0. The molecule has 0 radical (unpaired) electrons. The molecule has 0 aliphatic rings. The normalized spacial score (nSPS) is 11.4. The maximum atomic E-state index is 5.04. The van der Waals surface area contributed by atoms with Gasteiger partial charge in [0.05, 0.1) is 11.0 Å². The van der Waals surface area contributed by atoms with E-state index in [0.29, 0.717) is 0 Å². The molecule has 0 aliphatic carbocycles. The van der Waals surface area contributed by atoms with Crippen molar-refractivity contribution in [1.29, 1.82) is 0 Å². The molecule has 1 heterocycles. The Morgan fingerprint density at radius 2 is 1.05 bits per heavy atom. The van der Waals surface area contributed by atoms with E-state index in [0.717, 1.165) is 18.5 Å². The Morgan fingerprint density at radius 1 is 0.526 bits per heavy atom. The van der Waals surface area contributed by atoms with E-state index in [9.17, 15) is 0 Å². The number of nitrogens with zero attached hydrogens (tertiary/aromatic N) is 2. The molecule has 0 saturated heterocycles. The number of unbranched alkanes of at least 4 members (excludes halogenated alkanes) is 13. The Morgan fingerprint density at radius 3 is 1.68 bits per heavy atom. The monoisotopic (exact) mass is 508 g/mol. The van der Waals surface area contributed by atoms with Gasteiger partial charge in [-0.2, -0.15) is 0 Å². The van der Waals surface area contributed by atoms with Crippen molar-refractivity contribution in [2.75, 3.05) is 0 Å². The fourth-order valence-corrected chi connectivity index (χ4v) is 5.60. The maximum absolute atomic E-state index is 5.04. The molecular weight excluding hydrogens is 460 g/mol. The van der Waals surface area contributed by atoms with Crippen molar-refractivity contribution in [3.8, 4) is 11.1 Å². The first-order chi connectivity index (χ1) is 18.8. The molecule has 0 N–H and O–H groups in total. The number of aryl methyl sites for hydroxylation is 1. The van der Waals surface area contributed by atoms with E-state index in [1.165, 1.54) is 118 Å². The zero-order chi connectivity index (χ0) is 26.3. The summed E-state index contributed by atoms with van der Waals surface area (Å²) in [6.07, 6.45) is 20.4. The van der Waals surface area contributed by atoms with Crippen molar-refractivity contribution in [3.63, 3.8) is 0 Å². The topological polar surface area (TPSA) is 17.8 Å². The van der Waals surface area contributed by atoms with Crippen molar-refractivity contribution in [1.82, 2.24) is 9.55 Å². The molecule has 0 saturated carbocycles. The van der Waals surface area contributed by atoms with Gasteiger partial charge in [0.1, 0.15) is 5.82 Å². The molecule has 3 aromatic carbocycles. The van der Waals surface area contributed by atoms with Gasteiger partial charge in [-0.1, -0.05) is 157 Å². The highest BCUT2D eigenvalue weighted by atomic mass is 15.1. The summed E-state index contributed by atoms with van der Waals surface area (Å²) in [6.45, 7) is 3.36. The van der Waals surface area contributed by atoms with Crippen LogP contribution in [0.1, 0.15) is 108 Å². The summed E-state index contributed by atoms with van der Waals surface area (Å²) >= 11 is 0. The Hall–Kier alpha value is -2.87. The van der Waals surface area contributed by atoms with Crippen molar-refractivity contribution >= 4 is 11.0 Å². The molecule has 38 heavy (non-hydrogen) atoms. The number of benzene rings is 3. The van der Waals surface area contributed by atoms with Gasteiger partial charge in [0.15, 0.2) is 0 Å². The smallest absolute Gasteiger partial charge is 0.114 e. The van der Waals surface area contributed by atoms with Crippen LogP contribution in [0.3, 0.4) is 0 Å². The first-order valence-corrected chi connectivity index (χ1v) is 15.4. The minimum absolute atomic E-state index is 0.877. The largest absolute Gasteiger partial charge is 0.328 e. The van der Waals surface area contributed by atoms with Crippen molar-refractivity contribution in [2.45, 2.75) is 110 Å².